The predicted molar refractivity (Wildman–Crippen MR) is 56.8 cm³/mol. The van der Waals surface area contributed by atoms with Crippen LogP contribution < -0.4 is 25.9 Å². The molecule has 0 bridgehead atoms. The Morgan fingerprint density at radius 3 is 2.50 bits per heavy atom. The molecule has 0 aliphatic carbocycles. The van der Waals surface area contributed by atoms with Crippen LogP contribution in [-0.2, 0) is 0 Å². The average Bonchev–Trinajstić information content (AvgIpc) is 2.31. The van der Waals surface area contributed by atoms with Crippen LogP contribution >= 0.6 is 0 Å². The molecule has 0 saturated heterocycles. The molecule has 3 heteroatoms. The molecule has 0 fully saturated rings. The highest BCUT2D eigenvalue weighted by molar-refractivity contribution is 5.21. The van der Waals surface area contributed by atoms with E-state index >= 15 is 0 Å². The molecule has 0 unspecified atom stereocenters. The molecule has 0 saturated carbocycles. The number of hydrogen-bond acceptors (Lipinski definition) is 1. The van der Waals surface area contributed by atoms with Crippen molar-refractivity contribution in [2.45, 2.75) is 0 Å². The molecule has 16 heavy (non-hydrogen) atoms. The SMILES string of the molecule is COc1ccc(F)cc1[I+]c1ccccc1. The molecule has 0 aliphatic heterocycles. The molecule has 0 amide bonds. The summed E-state index contributed by atoms with van der Waals surface area (Å²) in [6.45, 7) is 0. The van der Waals surface area contributed by atoms with Gasteiger partial charge >= 0.3 is 21.2 Å². The van der Waals surface area contributed by atoms with Crippen molar-refractivity contribution in [3.63, 3.8) is 0 Å². The molecular weight excluding hydrogens is 318 g/mol. The van der Waals surface area contributed by atoms with Crippen LogP contribution in [0.2, 0.25) is 0 Å². The van der Waals surface area contributed by atoms with Crippen LogP contribution in [0.5, 0.6) is 5.75 Å². The number of ether oxygens (including phenoxy) is 1. The van der Waals surface area contributed by atoms with E-state index in [1.54, 1.807) is 19.2 Å². The Labute approximate surface area is 105 Å². The van der Waals surface area contributed by atoms with Crippen molar-refractivity contribution in [1.29, 1.82) is 0 Å². The molecule has 2 aromatic carbocycles. The fourth-order valence-electron chi connectivity index (χ4n) is 1.31. The van der Waals surface area contributed by atoms with E-state index in [-0.39, 0.29) is 27.0 Å². The molecule has 1 nitrogen and oxygen atoms in total. The summed E-state index contributed by atoms with van der Waals surface area (Å²) in [5, 5.41) is 0. The standard InChI is InChI=1S/C13H11FIO/c1-16-13-8-7-10(14)9-12(13)15-11-5-3-2-4-6-11/h2-9H,1H3/q+1. The van der Waals surface area contributed by atoms with Crippen LogP contribution in [0.1, 0.15) is 0 Å². The first-order valence-corrected chi connectivity index (χ1v) is 6.99. The second-order valence-corrected chi connectivity index (χ2v) is 6.12. The van der Waals surface area contributed by atoms with Gasteiger partial charge in [-0.15, -0.1) is 0 Å². The van der Waals surface area contributed by atoms with E-state index < -0.39 is 0 Å². The van der Waals surface area contributed by atoms with Crippen molar-refractivity contribution in [3.05, 3.63) is 61.5 Å². The van der Waals surface area contributed by atoms with E-state index in [1.807, 2.05) is 18.2 Å². The van der Waals surface area contributed by atoms with Gasteiger partial charge in [-0.05, 0) is 24.3 Å². The largest absolute Gasteiger partial charge is 0.492 e. The fraction of sp³-hybridized carbons (Fsp3) is 0.0769. The lowest BCUT2D eigenvalue weighted by atomic mass is 10.3. The van der Waals surface area contributed by atoms with Crippen LogP contribution in [0.4, 0.5) is 4.39 Å². The second kappa shape index (κ2) is 5.30. The minimum atomic E-state index is -0.381. The fourth-order valence-corrected chi connectivity index (χ4v) is 3.87. The Kier molecular flexibility index (Phi) is 3.77. The van der Waals surface area contributed by atoms with Crippen LogP contribution in [0, 0.1) is 13.0 Å². The lowest BCUT2D eigenvalue weighted by Crippen LogP contribution is -3.61. The normalized spacial score (nSPS) is 10.1. The third-order valence-corrected chi connectivity index (χ3v) is 4.82. The highest BCUT2D eigenvalue weighted by Gasteiger charge is 2.21. The average molecular weight is 329 g/mol. The highest BCUT2D eigenvalue weighted by atomic mass is 127. The molecule has 2 rings (SSSR count). The van der Waals surface area contributed by atoms with Crippen LogP contribution in [0.3, 0.4) is 0 Å². The molecule has 0 aromatic heterocycles. The van der Waals surface area contributed by atoms with E-state index in [0.717, 1.165) is 9.32 Å². The van der Waals surface area contributed by atoms with Gasteiger partial charge in [-0.3, -0.25) is 0 Å². The van der Waals surface area contributed by atoms with E-state index in [9.17, 15) is 4.39 Å². The second-order valence-electron chi connectivity index (χ2n) is 3.17. The number of halogens is 2. The molecule has 0 heterocycles. The Morgan fingerprint density at radius 1 is 1.06 bits per heavy atom. The van der Waals surface area contributed by atoms with Gasteiger partial charge < -0.3 is 4.74 Å². The van der Waals surface area contributed by atoms with E-state index in [0.29, 0.717) is 0 Å². The van der Waals surface area contributed by atoms with Crippen LogP contribution in [0.15, 0.2) is 48.5 Å². The van der Waals surface area contributed by atoms with E-state index in [4.69, 9.17) is 4.74 Å². The zero-order chi connectivity index (χ0) is 11.4. The first-order chi connectivity index (χ1) is 7.79. The van der Waals surface area contributed by atoms with Crippen LogP contribution in [0.25, 0.3) is 0 Å². The lowest BCUT2D eigenvalue weighted by molar-refractivity contribution is -0.598. The summed E-state index contributed by atoms with van der Waals surface area (Å²) >= 11 is -0.381. The summed E-state index contributed by atoms with van der Waals surface area (Å²) in [5.41, 5.74) is 0. The molecule has 0 spiro atoms. The number of rotatable bonds is 3. The Morgan fingerprint density at radius 2 is 1.81 bits per heavy atom. The molecule has 0 N–H and O–H groups in total. The highest BCUT2D eigenvalue weighted by Crippen LogP contribution is 2.10. The van der Waals surface area contributed by atoms with Crippen molar-refractivity contribution in [3.8, 4) is 5.75 Å². The maximum absolute atomic E-state index is 13.1. The summed E-state index contributed by atoms with van der Waals surface area (Å²) < 4.78 is 20.6. The third-order valence-electron chi connectivity index (χ3n) is 2.06. The van der Waals surface area contributed by atoms with Crippen molar-refractivity contribution >= 4 is 0 Å². The first kappa shape index (κ1) is 11.4. The van der Waals surface area contributed by atoms with Gasteiger partial charge in [0.05, 0.1) is 7.11 Å². The first-order valence-electron chi connectivity index (χ1n) is 4.83. The molecule has 0 aliphatic rings. The van der Waals surface area contributed by atoms with Crippen molar-refractivity contribution < 1.29 is 30.3 Å². The molecule has 0 atom stereocenters. The van der Waals surface area contributed by atoms with Crippen molar-refractivity contribution in [2.24, 2.45) is 0 Å². The van der Waals surface area contributed by atoms with Gasteiger partial charge in [0.15, 0.2) is 9.32 Å². The van der Waals surface area contributed by atoms with Gasteiger partial charge in [-0.25, -0.2) is 4.39 Å². The van der Waals surface area contributed by atoms with Gasteiger partial charge in [-0.1, -0.05) is 18.2 Å². The Balaban J connectivity index is 2.30. The topological polar surface area (TPSA) is 9.23 Å². The monoisotopic (exact) mass is 329 g/mol. The van der Waals surface area contributed by atoms with Gasteiger partial charge in [0.1, 0.15) is 5.82 Å². The molecule has 82 valence electrons. The van der Waals surface area contributed by atoms with Gasteiger partial charge in [0.2, 0.25) is 3.57 Å². The van der Waals surface area contributed by atoms with E-state index in [1.165, 1.54) is 9.64 Å². The summed E-state index contributed by atoms with van der Waals surface area (Å²) in [6, 6.07) is 14.8. The Bertz CT molecular complexity index is 471. The van der Waals surface area contributed by atoms with Crippen molar-refractivity contribution in [2.75, 3.05) is 7.11 Å². The van der Waals surface area contributed by atoms with Gasteiger partial charge in [0, 0.05) is 6.07 Å². The summed E-state index contributed by atoms with van der Waals surface area (Å²) in [4.78, 5) is 0. The van der Waals surface area contributed by atoms with E-state index in [2.05, 4.69) is 12.1 Å². The van der Waals surface area contributed by atoms with Crippen LogP contribution in [-0.4, -0.2) is 7.11 Å². The van der Waals surface area contributed by atoms with Crippen molar-refractivity contribution in [1.82, 2.24) is 0 Å². The summed E-state index contributed by atoms with van der Waals surface area (Å²) in [6.07, 6.45) is 0. The Hall–Kier alpha value is -1.10. The minimum Gasteiger partial charge on any atom is -0.492 e. The van der Waals surface area contributed by atoms with Gasteiger partial charge in [0.25, 0.3) is 0 Å². The molecule has 2 aromatic rings. The van der Waals surface area contributed by atoms with Gasteiger partial charge in [-0.2, -0.15) is 0 Å². The number of methoxy groups -OCH3 is 1. The minimum absolute atomic E-state index is 0.202. The zero-order valence-corrected chi connectivity index (χ0v) is 10.9. The number of benzene rings is 2. The quantitative estimate of drug-likeness (QED) is 0.719. The molecular formula is C13H11FIO+. The predicted octanol–water partition coefficient (Wildman–Crippen LogP) is -0.0373. The third kappa shape index (κ3) is 2.72. The zero-order valence-electron chi connectivity index (χ0n) is 8.78. The summed E-state index contributed by atoms with van der Waals surface area (Å²) in [7, 11) is 1.62. The smallest absolute Gasteiger partial charge is 0.362 e. The lowest BCUT2D eigenvalue weighted by Gasteiger charge is -1.98. The maximum atomic E-state index is 13.1. The maximum Gasteiger partial charge on any atom is 0.362 e. The number of hydrogen-bond donors (Lipinski definition) is 0. The molecule has 0 radical (unpaired) electrons. The summed E-state index contributed by atoms with van der Waals surface area (Å²) in [5.74, 6) is 0.574.